The van der Waals surface area contributed by atoms with Crippen LogP contribution in [0.2, 0.25) is 0 Å². The zero-order valence-corrected chi connectivity index (χ0v) is 12.0. The lowest BCUT2D eigenvalue weighted by atomic mass is 10.3. The summed E-state index contributed by atoms with van der Waals surface area (Å²) in [5, 5.41) is 0.249. The third-order valence-corrected chi connectivity index (χ3v) is 4.81. The number of thiophene rings is 1. The number of aromatic nitrogens is 2. The molecule has 2 rings (SSSR count). The SMILES string of the molecule is Cc1c(Br)sc2c1c(=O)[nH]c(=O)n2CCC(F)(F)F. The molecule has 0 atom stereocenters. The van der Waals surface area contributed by atoms with Gasteiger partial charge in [0.2, 0.25) is 0 Å². The van der Waals surface area contributed by atoms with Gasteiger partial charge in [-0.05, 0) is 28.4 Å². The largest absolute Gasteiger partial charge is 0.390 e. The second-order valence-electron chi connectivity index (χ2n) is 3.96. The second kappa shape index (κ2) is 4.78. The van der Waals surface area contributed by atoms with Crippen molar-refractivity contribution in [3.8, 4) is 0 Å². The Kier molecular flexibility index (Phi) is 3.61. The first-order chi connectivity index (χ1) is 8.70. The van der Waals surface area contributed by atoms with Crippen molar-refractivity contribution in [2.45, 2.75) is 26.1 Å². The van der Waals surface area contributed by atoms with Gasteiger partial charge in [0.15, 0.2) is 0 Å². The van der Waals surface area contributed by atoms with Crippen LogP contribution in [0.4, 0.5) is 13.2 Å². The average molecular weight is 357 g/mol. The van der Waals surface area contributed by atoms with Gasteiger partial charge in [0, 0.05) is 6.54 Å². The van der Waals surface area contributed by atoms with Gasteiger partial charge < -0.3 is 0 Å². The molecule has 2 aromatic rings. The molecular weight excluding hydrogens is 349 g/mol. The molecule has 0 saturated heterocycles. The van der Waals surface area contributed by atoms with Crippen molar-refractivity contribution >= 4 is 37.5 Å². The highest BCUT2D eigenvalue weighted by atomic mass is 79.9. The monoisotopic (exact) mass is 356 g/mol. The molecule has 4 nitrogen and oxygen atoms in total. The Morgan fingerprint density at radius 3 is 2.58 bits per heavy atom. The topological polar surface area (TPSA) is 54.9 Å². The Morgan fingerprint density at radius 2 is 2.00 bits per heavy atom. The normalized spacial score (nSPS) is 12.3. The van der Waals surface area contributed by atoms with Gasteiger partial charge in [0.05, 0.1) is 15.6 Å². The van der Waals surface area contributed by atoms with Crippen molar-refractivity contribution in [1.29, 1.82) is 0 Å². The van der Waals surface area contributed by atoms with Crippen molar-refractivity contribution in [2.24, 2.45) is 0 Å². The molecule has 0 aromatic carbocycles. The van der Waals surface area contributed by atoms with E-state index in [0.29, 0.717) is 9.35 Å². The molecule has 0 saturated carbocycles. The van der Waals surface area contributed by atoms with Gasteiger partial charge in [-0.25, -0.2) is 4.79 Å². The standard InChI is InChI=1S/C10H8BrF3N2O2S/c1-4-5-7(17)15-9(18)16(3-2-10(12,13)14)8(5)19-6(4)11/h2-3H2,1H3,(H,15,17,18). The van der Waals surface area contributed by atoms with Crippen LogP contribution in [0.5, 0.6) is 0 Å². The molecular formula is C10H8BrF3N2O2S. The van der Waals surface area contributed by atoms with E-state index in [9.17, 15) is 22.8 Å². The fourth-order valence-electron chi connectivity index (χ4n) is 1.69. The van der Waals surface area contributed by atoms with E-state index < -0.39 is 30.4 Å². The van der Waals surface area contributed by atoms with E-state index in [1.165, 1.54) is 0 Å². The first-order valence-corrected chi connectivity index (χ1v) is 6.80. The number of halogens is 4. The molecule has 2 aromatic heterocycles. The van der Waals surface area contributed by atoms with E-state index in [1.54, 1.807) is 6.92 Å². The van der Waals surface area contributed by atoms with Crippen LogP contribution in [0.1, 0.15) is 12.0 Å². The summed E-state index contributed by atoms with van der Waals surface area (Å²) in [6, 6.07) is 0. The van der Waals surface area contributed by atoms with E-state index in [-0.39, 0.29) is 10.2 Å². The lowest BCUT2D eigenvalue weighted by Crippen LogP contribution is -2.31. The molecule has 19 heavy (non-hydrogen) atoms. The van der Waals surface area contributed by atoms with Gasteiger partial charge in [0.1, 0.15) is 4.83 Å². The average Bonchev–Trinajstić information content (AvgIpc) is 2.53. The van der Waals surface area contributed by atoms with Crippen molar-refractivity contribution in [3.05, 3.63) is 30.2 Å². The minimum atomic E-state index is -4.36. The third-order valence-electron chi connectivity index (χ3n) is 2.63. The fraction of sp³-hybridized carbons (Fsp3) is 0.400. The van der Waals surface area contributed by atoms with Crippen LogP contribution >= 0.6 is 27.3 Å². The van der Waals surface area contributed by atoms with Crippen LogP contribution < -0.4 is 11.2 Å². The third kappa shape index (κ3) is 2.76. The number of hydrogen-bond acceptors (Lipinski definition) is 3. The predicted octanol–water partition coefficient (Wildman–Crippen LogP) is 2.77. The summed E-state index contributed by atoms with van der Waals surface area (Å²) in [4.78, 5) is 25.6. The minimum absolute atomic E-state index is 0.249. The first kappa shape index (κ1) is 14.3. The van der Waals surface area contributed by atoms with E-state index in [4.69, 9.17) is 0 Å². The van der Waals surface area contributed by atoms with Gasteiger partial charge in [-0.3, -0.25) is 14.3 Å². The van der Waals surface area contributed by atoms with Crippen LogP contribution in [-0.2, 0) is 6.54 Å². The maximum atomic E-state index is 12.2. The van der Waals surface area contributed by atoms with Crippen molar-refractivity contribution < 1.29 is 13.2 Å². The number of fused-ring (bicyclic) bond motifs is 1. The molecule has 0 spiro atoms. The number of hydrogen-bond donors (Lipinski definition) is 1. The Bertz CT molecular complexity index is 744. The van der Waals surface area contributed by atoms with E-state index >= 15 is 0 Å². The minimum Gasteiger partial charge on any atom is -0.284 e. The molecule has 9 heteroatoms. The molecule has 104 valence electrons. The molecule has 0 bridgehead atoms. The number of aryl methyl sites for hydroxylation is 2. The van der Waals surface area contributed by atoms with Crippen molar-refractivity contribution in [3.63, 3.8) is 0 Å². The highest BCUT2D eigenvalue weighted by Gasteiger charge is 2.27. The molecule has 0 radical (unpaired) electrons. The number of nitrogens with zero attached hydrogens (tertiary/aromatic N) is 1. The Labute approximate surface area is 117 Å². The van der Waals surface area contributed by atoms with Gasteiger partial charge >= 0.3 is 11.9 Å². The number of aromatic amines is 1. The highest BCUT2D eigenvalue weighted by Crippen LogP contribution is 2.32. The molecule has 1 N–H and O–H groups in total. The van der Waals surface area contributed by atoms with Crippen LogP contribution in [0, 0.1) is 6.92 Å². The lowest BCUT2D eigenvalue weighted by Gasteiger charge is -2.09. The molecule has 0 fully saturated rings. The van der Waals surface area contributed by atoms with Crippen LogP contribution in [0.15, 0.2) is 13.4 Å². The summed E-state index contributed by atoms with van der Waals surface area (Å²) >= 11 is 4.30. The molecule has 0 aliphatic carbocycles. The van der Waals surface area contributed by atoms with Gasteiger partial charge in [-0.15, -0.1) is 11.3 Å². The Hall–Kier alpha value is -1.09. The number of alkyl halides is 3. The van der Waals surface area contributed by atoms with Gasteiger partial charge in [-0.2, -0.15) is 13.2 Å². The summed E-state index contributed by atoms with van der Waals surface area (Å²) in [7, 11) is 0. The van der Waals surface area contributed by atoms with Gasteiger partial charge in [-0.1, -0.05) is 0 Å². The molecule has 2 heterocycles. The van der Waals surface area contributed by atoms with Crippen LogP contribution in [0.3, 0.4) is 0 Å². The number of rotatable bonds is 2. The lowest BCUT2D eigenvalue weighted by molar-refractivity contribution is -0.136. The zero-order valence-electron chi connectivity index (χ0n) is 9.60. The quantitative estimate of drug-likeness (QED) is 0.899. The predicted molar refractivity (Wildman–Crippen MR) is 69.8 cm³/mol. The van der Waals surface area contributed by atoms with E-state index in [0.717, 1.165) is 15.9 Å². The van der Waals surface area contributed by atoms with Crippen LogP contribution in [0.25, 0.3) is 10.2 Å². The summed E-state index contributed by atoms with van der Waals surface area (Å²) in [5.74, 6) is 0. The van der Waals surface area contributed by atoms with Crippen molar-refractivity contribution in [1.82, 2.24) is 9.55 Å². The Morgan fingerprint density at radius 1 is 1.37 bits per heavy atom. The van der Waals surface area contributed by atoms with E-state index in [2.05, 4.69) is 15.9 Å². The number of nitrogens with one attached hydrogen (secondary N) is 1. The molecule has 0 unspecified atom stereocenters. The molecule has 0 aliphatic rings. The second-order valence-corrected chi connectivity index (χ2v) is 6.27. The molecule has 0 aliphatic heterocycles. The summed E-state index contributed by atoms with van der Waals surface area (Å²) in [6.45, 7) is 1.15. The maximum absolute atomic E-state index is 12.2. The van der Waals surface area contributed by atoms with Gasteiger partial charge in [0.25, 0.3) is 5.56 Å². The fourth-order valence-corrected chi connectivity index (χ4v) is 3.40. The van der Waals surface area contributed by atoms with E-state index in [1.807, 2.05) is 4.98 Å². The van der Waals surface area contributed by atoms with Crippen LogP contribution in [-0.4, -0.2) is 15.7 Å². The number of H-pyrrole nitrogens is 1. The summed E-state index contributed by atoms with van der Waals surface area (Å²) in [5.41, 5.74) is -0.791. The molecule has 0 amide bonds. The highest BCUT2D eigenvalue weighted by molar-refractivity contribution is 9.11. The maximum Gasteiger partial charge on any atom is 0.390 e. The summed E-state index contributed by atoms with van der Waals surface area (Å²) < 4.78 is 38.3. The smallest absolute Gasteiger partial charge is 0.284 e. The zero-order chi connectivity index (χ0) is 14.4. The Balaban J connectivity index is 2.64. The van der Waals surface area contributed by atoms with Crippen molar-refractivity contribution in [2.75, 3.05) is 0 Å². The summed E-state index contributed by atoms with van der Waals surface area (Å²) in [6.07, 6.45) is -5.48. The first-order valence-electron chi connectivity index (χ1n) is 5.19.